The van der Waals surface area contributed by atoms with Gasteiger partial charge in [0.05, 0.1) is 12.6 Å². The SMILES string of the molecule is CCNc1c(F)cc(C(=O)NC2CCCOC2)cc1F. The van der Waals surface area contributed by atoms with Gasteiger partial charge in [-0.3, -0.25) is 4.79 Å². The lowest BCUT2D eigenvalue weighted by molar-refractivity contribution is 0.0624. The quantitative estimate of drug-likeness (QED) is 0.892. The third-order valence-electron chi connectivity index (χ3n) is 3.15. The maximum absolute atomic E-state index is 13.7. The summed E-state index contributed by atoms with van der Waals surface area (Å²) in [5.41, 5.74) is -0.225. The predicted molar refractivity (Wildman–Crippen MR) is 71.8 cm³/mol. The normalized spacial score (nSPS) is 18.6. The largest absolute Gasteiger partial charge is 0.381 e. The van der Waals surface area contributed by atoms with Crippen LogP contribution in [0.1, 0.15) is 30.1 Å². The second-order valence-electron chi connectivity index (χ2n) is 4.73. The van der Waals surface area contributed by atoms with E-state index in [9.17, 15) is 13.6 Å². The van der Waals surface area contributed by atoms with E-state index in [0.717, 1.165) is 25.0 Å². The van der Waals surface area contributed by atoms with Gasteiger partial charge in [0, 0.05) is 18.7 Å². The molecule has 1 aromatic carbocycles. The Balaban J connectivity index is 2.09. The number of amides is 1. The van der Waals surface area contributed by atoms with Crippen molar-refractivity contribution in [2.75, 3.05) is 25.1 Å². The standard InChI is InChI=1S/C14H18F2N2O2/c1-2-17-13-11(15)6-9(7-12(13)16)14(19)18-10-4-3-5-20-8-10/h6-7,10,17H,2-5,8H2,1H3,(H,18,19). The number of hydrogen-bond donors (Lipinski definition) is 2. The average Bonchev–Trinajstić information content (AvgIpc) is 2.43. The Kier molecular flexibility index (Phi) is 4.89. The fourth-order valence-corrected chi connectivity index (χ4v) is 2.17. The highest BCUT2D eigenvalue weighted by Gasteiger charge is 2.19. The number of anilines is 1. The Labute approximate surface area is 116 Å². The van der Waals surface area contributed by atoms with Crippen molar-refractivity contribution in [2.45, 2.75) is 25.8 Å². The number of nitrogens with one attached hydrogen (secondary N) is 2. The van der Waals surface area contributed by atoms with Crippen LogP contribution in [0.25, 0.3) is 0 Å². The molecule has 1 atom stereocenters. The van der Waals surface area contributed by atoms with Gasteiger partial charge in [-0.25, -0.2) is 8.78 Å². The van der Waals surface area contributed by atoms with Gasteiger partial charge in [-0.15, -0.1) is 0 Å². The molecule has 1 saturated heterocycles. The first kappa shape index (κ1) is 14.7. The fraction of sp³-hybridized carbons (Fsp3) is 0.500. The Morgan fingerprint density at radius 2 is 2.10 bits per heavy atom. The highest BCUT2D eigenvalue weighted by atomic mass is 19.1. The summed E-state index contributed by atoms with van der Waals surface area (Å²) in [6.45, 7) is 3.26. The van der Waals surface area contributed by atoms with Gasteiger partial charge < -0.3 is 15.4 Å². The van der Waals surface area contributed by atoms with Gasteiger partial charge in [0.2, 0.25) is 0 Å². The van der Waals surface area contributed by atoms with Crippen LogP contribution >= 0.6 is 0 Å². The maximum Gasteiger partial charge on any atom is 0.251 e. The lowest BCUT2D eigenvalue weighted by atomic mass is 10.1. The Morgan fingerprint density at radius 1 is 1.40 bits per heavy atom. The number of rotatable bonds is 4. The van der Waals surface area contributed by atoms with E-state index in [1.807, 2.05) is 0 Å². The first-order valence-corrected chi connectivity index (χ1v) is 6.73. The minimum Gasteiger partial charge on any atom is -0.381 e. The summed E-state index contributed by atoms with van der Waals surface area (Å²) in [7, 11) is 0. The van der Waals surface area contributed by atoms with E-state index in [-0.39, 0.29) is 17.3 Å². The number of hydrogen-bond acceptors (Lipinski definition) is 3. The molecule has 0 radical (unpaired) electrons. The minimum absolute atomic E-state index is 0.0211. The summed E-state index contributed by atoms with van der Waals surface area (Å²) >= 11 is 0. The molecule has 1 amide bonds. The molecular weight excluding hydrogens is 266 g/mol. The van der Waals surface area contributed by atoms with Crippen molar-refractivity contribution < 1.29 is 18.3 Å². The highest BCUT2D eigenvalue weighted by molar-refractivity contribution is 5.94. The number of halogens is 2. The second-order valence-corrected chi connectivity index (χ2v) is 4.73. The summed E-state index contributed by atoms with van der Waals surface area (Å²) in [6, 6.07) is 1.98. The molecule has 0 aromatic heterocycles. The lowest BCUT2D eigenvalue weighted by Gasteiger charge is -2.23. The maximum atomic E-state index is 13.7. The lowest BCUT2D eigenvalue weighted by Crippen LogP contribution is -2.40. The number of benzene rings is 1. The van der Waals surface area contributed by atoms with Gasteiger partial charge in [-0.2, -0.15) is 0 Å². The molecule has 1 fully saturated rings. The molecule has 1 aliphatic heterocycles. The van der Waals surface area contributed by atoms with Gasteiger partial charge in [0.25, 0.3) is 5.91 Å². The molecular formula is C14H18F2N2O2. The molecule has 6 heteroatoms. The van der Waals surface area contributed by atoms with Crippen molar-refractivity contribution >= 4 is 11.6 Å². The van der Waals surface area contributed by atoms with Crippen LogP contribution in [0.2, 0.25) is 0 Å². The van der Waals surface area contributed by atoms with E-state index in [1.54, 1.807) is 6.92 Å². The molecule has 110 valence electrons. The monoisotopic (exact) mass is 284 g/mol. The van der Waals surface area contributed by atoms with Crippen molar-refractivity contribution in [1.29, 1.82) is 0 Å². The number of ether oxygens (including phenoxy) is 1. The molecule has 1 aromatic rings. The molecule has 20 heavy (non-hydrogen) atoms. The highest BCUT2D eigenvalue weighted by Crippen LogP contribution is 2.21. The third kappa shape index (κ3) is 3.45. The predicted octanol–water partition coefficient (Wildman–Crippen LogP) is 2.31. The zero-order valence-electron chi connectivity index (χ0n) is 11.3. The molecule has 4 nitrogen and oxygen atoms in total. The second kappa shape index (κ2) is 6.65. The summed E-state index contributed by atoms with van der Waals surface area (Å²) in [4.78, 5) is 12.0. The molecule has 0 saturated carbocycles. The molecule has 2 rings (SSSR count). The van der Waals surface area contributed by atoms with E-state index in [0.29, 0.717) is 19.8 Å². The third-order valence-corrected chi connectivity index (χ3v) is 3.15. The minimum atomic E-state index is -0.767. The zero-order chi connectivity index (χ0) is 14.5. The molecule has 2 N–H and O–H groups in total. The zero-order valence-corrected chi connectivity index (χ0v) is 11.3. The van der Waals surface area contributed by atoms with Gasteiger partial charge in [0.15, 0.2) is 0 Å². The first-order valence-electron chi connectivity index (χ1n) is 6.73. The topological polar surface area (TPSA) is 50.4 Å². The summed E-state index contributed by atoms with van der Waals surface area (Å²) < 4.78 is 32.7. The molecule has 0 spiro atoms. The Bertz CT molecular complexity index is 465. The van der Waals surface area contributed by atoms with Crippen molar-refractivity contribution in [3.63, 3.8) is 0 Å². The van der Waals surface area contributed by atoms with Crippen LogP contribution in [0.5, 0.6) is 0 Å². The molecule has 1 aliphatic rings. The van der Waals surface area contributed by atoms with E-state index < -0.39 is 17.5 Å². The number of carbonyl (C=O) groups is 1. The fourth-order valence-electron chi connectivity index (χ4n) is 2.17. The summed E-state index contributed by atoms with van der Waals surface area (Å²) in [5.74, 6) is -2.02. The van der Waals surface area contributed by atoms with Crippen LogP contribution in [-0.4, -0.2) is 31.7 Å². The molecule has 1 unspecified atom stereocenters. The van der Waals surface area contributed by atoms with Crippen LogP contribution < -0.4 is 10.6 Å². The Morgan fingerprint density at radius 3 is 2.65 bits per heavy atom. The van der Waals surface area contributed by atoms with Crippen LogP contribution in [0.15, 0.2) is 12.1 Å². The van der Waals surface area contributed by atoms with Crippen LogP contribution in [0.3, 0.4) is 0 Å². The van der Waals surface area contributed by atoms with Crippen LogP contribution in [0, 0.1) is 11.6 Å². The van der Waals surface area contributed by atoms with Crippen LogP contribution in [-0.2, 0) is 4.74 Å². The summed E-state index contributed by atoms with van der Waals surface area (Å²) in [5, 5.41) is 5.31. The van der Waals surface area contributed by atoms with E-state index in [2.05, 4.69) is 10.6 Å². The van der Waals surface area contributed by atoms with Gasteiger partial charge in [-0.05, 0) is 31.9 Å². The molecule has 1 heterocycles. The van der Waals surface area contributed by atoms with E-state index in [4.69, 9.17) is 4.74 Å². The smallest absolute Gasteiger partial charge is 0.251 e. The molecule has 0 aliphatic carbocycles. The average molecular weight is 284 g/mol. The van der Waals surface area contributed by atoms with Crippen LogP contribution in [0.4, 0.5) is 14.5 Å². The van der Waals surface area contributed by atoms with Crippen molar-refractivity contribution in [3.8, 4) is 0 Å². The van der Waals surface area contributed by atoms with Crippen molar-refractivity contribution in [1.82, 2.24) is 5.32 Å². The van der Waals surface area contributed by atoms with Crippen molar-refractivity contribution in [3.05, 3.63) is 29.3 Å². The molecule has 0 bridgehead atoms. The summed E-state index contributed by atoms with van der Waals surface area (Å²) in [6.07, 6.45) is 1.68. The van der Waals surface area contributed by atoms with E-state index in [1.165, 1.54) is 0 Å². The van der Waals surface area contributed by atoms with Gasteiger partial charge >= 0.3 is 0 Å². The van der Waals surface area contributed by atoms with Gasteiger partial charge in [0.1, 0.15) is 17.3 Å². The number of carbonyl (C=O) groups excluding carboxylic acids is 1. The van der Waals surface area contributed by atoms with Gasteiger partial charge in [-0.1, -0.05) is 0 Å². The first-order chi connectivity index (χ1) is 9.61. The Hall–Kier alpha value is -1.69. The van der Waals surface area contributed by atoms with Crippen molar-refractivity contribution in [2.24, 2.45) is 0 Å². The van der Waals surface area contributed by atoms with E-state index >= 15 is 0 Å².